The third-order valence-electron chi connectivity index (χ3n) is 5.68. The minimum Gasteiger partial charge on any atom is -0.354 e. The molecule has 0 aliphatic heterocycles. The van der Waals surface area contributed by atoms with Crippen molar-refractivity contribution < 1.29 is 9.59 Å². The Morgan fingerprint density at radius 2 is 1.87 bits per heavy atom. The molecular formula is C21H23N5O4. The fraction of sp³-hybridized carbons (Fsp3) is 0.381. The van der Waals surface area contributed by atoms with Gasteiger partial charge in [0, 0.05) is 31.8 Å². The van der Waals surface area contributed by atoms with Crippen molar-refractivity contribution in [3.63, 3.8) is 0 Å². The monoisotopic (exact) mass is 409 g/mol. The molecule has 1 aliphatic rings. The van der Waals surface area contributed by atoms with Gasteiger partial charge in [-0.3, -0.25) is 23.5 Å². The van der Waals surface area contributed by atoms with Gasteiger partial charge in [0.1, 0.15) is 11.3 Å². The molecule has 9 heteroatoms. The fourth-order valence-corrected chi connectivity index (χ4v) is 4.19. The molecule has 0 unspecified atom stereocenters. The van der Waals surface area contributed by atoms with Gasteiger partial charge in [-0.15, -0.1) is 0 Å². The Kier molecular flexibility index (Phi) is 4.30. The van der Waals surface area contributed by atoms with Crippen LogP contribution in [0.2, 0.25) is 0 Å². The van der Waals surface area contributed by atoms with Crippen LogP contribution in [0.25, 0.3) is 11.0 Å². The number of H-pyrrole nitrogens is 1. The second-order valence-corrected chi connectivity index (χ2v) is 8.67. The molecule has 0 spiro atoms. The SMILES string of the molecule is Cc1c(C(=O)Nc2cnc3c(c2)c(=O)n(C)c(=O)n3C)[nH]c2c1C(=O)CC(C)(C)C2. The summed E-state index contributed by atoms with van der Waals surface area (Å²) in [5.74, 6) is -0.388. The molecule has 2 N–H and O–H groups in total. The summed E-state index contributed by atoms with van der Waals surface area (Å²) < 4.78 is 2.27. The molecule has 9 nitrogen and oxygen atoms in total. The summed E-state index contributed by atoms with van der Waals surface area (Å²) in [7, 11) is 2.92. The summed E-state index contributed by atoms with van der Waals surface area (Å²) >= 11 is 0. The largest absolute Gasteiger partial charge is 0.354 e. The van der Waals surface area contributed by atoms with Gasteiger partial charge in [-0.1, -0.05) is 13.8 Å². The lowest BCUT2D eigenvalue weighted by atomic mass is 9.75. The van der Waals surface area contributed by atoms with Crippen molar-refractivity contribution in [1.29, 1.82) is 0 Å². The van der Waals surface area contributed by atoms with Gasteiger partial charge >= 0.3 is 5.69 Å². The molecule has 30 heavy (non-hydrogen) atoms. The number of aromatic amines is 1. The lowest BCUT2D eigenvalue weighted by Crippen LogP contribution is -2.37. The highest BCUT2D eigenvalue weighted by Gasteiger charge is 2.35. The molecule has 0 aromatic carbocycles. The first kappa shape index (κ1) is 19.8. The molecule has 3 heterocycles. The molecular weight excluding hydrogens is 386 g/mol. The zero-order chi connectivity index (χ0) is 22.0. The highest BCUT2D eigenvalue weighted by atomic mass is 16.2. The van der Waals surface area contributed by atoms with Gasteiger partial charge in [0.15, 0.2) is 5.78 Å². The molecule has 3 aromatic rings. The minimum absolute atomic E-state index is 0.0332. The van der Waals surface area contributed by atoms with Crippen molar-refractivity contribution in [2.24, 2.45) is 19.5 Å². The number of hydrogen-bond donors (Lipinski definition) is 2. The van der Waals surface area contributed by atoms with E-state index in [1.54, 1.807) is 6.92 Å². The number of hydrogen-bond acceptors (Lipinski definition) is 5. The van der Waals surface area contributed by atoms with Gasteiger partial charge in [0.2, 0.25) is 0 Å². The summed E-state index contributed by atoms with van der Waals surface area (Å²) in [5, 5.41) is 2.96. The number of amides is 1. The number of nitrogens with zero attached hydrogens (tertiary/aromatic N) is 3. The van der Waals surface area contributed by atoms with Gasteiger partial charge in [-0.2, -0.15) is 0 Å². The number of aromatic nitrogens is 4. The van der Waals surface area contributed by atoms with E-state index in [9.17, 15) is 19.2 Å². The highest BCUT2D eigenvalue weighted by Crippen LogP contribution is 2.36. The summed E-state index contributed by atoms with van der Waals surface area (Å²) in [4.78, 5) is 57.3. The van der Waals surface area contributed by atoms with Crippen LogP contribution in [-0.2, 0) is 20.5 Å². The lowest BCUT2D eigenvalue weighted by molar-refractivity contribution is 0.0910. The number of Topliss-reactive ketones (excluding diaryl/α,β-unsaturated/α-hetero) is 1. The number of rotatable bonds is 2. The third-order valence-corrected chi connectivity index (χ3v) is 5.68. The first-order chi connectivity index (χ1) is 14.0. The standard InChI is InChI=1S/C21H23N5O4/c1-10-15-13(7-21(2,3)8-14(15)27)24-16(10)18(28)23-11-6-12-17(22-9-11)25(4)20(30)26(5)19(12)29/h6,9,24H,7-8H2,1-5H3,(H,23,28). The topological polar surface area (TPSA) is 119 Å². The first-order valence-corrected chi connectivity index (χ1v) is 9.62. The first-order valence-electron chi connectivity index (χ1n) is 9.62. The van der Waals surface area contributed by atoms with Gasteiger partial charge in [-0.05, 0) is 30.4 Å². The van der Waals surface area contributed by atoms with Gasteiger partial charge in [0.25, 0.3) is 11.5 Å². The zero-order valence-electron chi connectivity index (χ0n) is 17.5. The van der Waals surface area contributed by atoms with Crippen molar-refractivity contribution in [2.75, 3.05) is 5.32 Å². The van der Waals surface area contributed by atoms with E-state index in [1.165, 1.54) is 30.9 Å². The molecule has 4 rings (SSSR count). The average Bonchev–Trinajstić information content (AvgIpc) is 2.99. The summed E-state index contributed by atoms with van der Waals surface area (Å²) in [6.45, 7) is 5.81. The zero-order valence-corrected chi connectivity index (χ0v) is 17.5. The second-order valence-electron chi connectivity index (χ2n) is 8.67. The Balaban J connectivity index is 1.72. The molecule has 0 saturated heterocycles. The lowest BCUT2D eigenvalue weighted by Gasteiger charge is -2.28. The van der Waals surface area contributed by atoms with E-state index >= 15 is 0 Å². The smallest absolute Gasteiger partial charge is 0.332 e. The van der Waals surface area contributed by atoms with Crippen molar-refractivity contribution in [2.45, 2.75) is 33.6 Å². The quantitative estimate of drug-likeness (QED) is 0.667. The van der Waals surface area contributed by atoms with Crippen LogP contribution in [0.1, 0.15) is 52.4 Å². The number of nitrogens with one attached hydrogen (secondary N) is 2. The van der Waals surface area contributed by atoms with E-state index in [2.05, 4.69) is 15.3 Å². The molecule has 0 saturated carbocycles. The number of anilines is 1. The Hall–Kier alpha value is -3.49. The van der Waals surface area contributed by atoms with E-state index in [0.717, 1.165) is 10.3 Å². The molecule has 0 bridgehead atoms. The summed E-state index contributed by atoms with van der Waals surface area (Å²) in [6, 6.07) is 1.49. The van der Waals surface area contributed by atoms with E-state index in [1.807, 2.05) is 13.8 Å². The third kappa shape index (κ3) is 2.97. The maximum atomic E-state index is 12.9. The van der Waals surface area contributed by atoms with E-state index in [0.29, 0.717) is 35.3 Å². The summed E-state index contributed by atoms with van der Waals surface area (Å²) in [5.41, 5.74) is 1.75. The van der Waals surface area contributed by atoms with Crippen LogP contribution in [0.4, 0.5) is 5.69 Å². The van der Waals surface area contributed by atoms with Gasteiger partial charge in [0.05, 0.1) is 17.3 Å². The average molecular weight is 409 g/mol. The van der Waals surface area contributed by atoms with Crippen LogP contribution in [0.15, 0.2) is 21.9 Å². The number of fused-ring (bicyclic) bond motifs is 2. The van der Waals surface area contributed by atoms with Gasteiger partial charge in [-0.25, -0.2) is 9.78 Å². The molecule has 156 valence electrons. The number of pyridine rings is 1. The van der Waals surface area contributed by atoms with Crippen LogP contribution >= 0.6 is 0 Å². The second kappa shape index (κ2) is 6.51. The number of aryl methyl sites for hydroxylation is 1. The van der Waals surface area contributed by atoms with E-state index in [4.69, 9.17) is 0 Å². The van der Waals surface area contributed by atoms with E-state index in [-0.39, 0.29) is 22.2 Å². The highest BCUT2D eigenvalue weighted by molar-refractivity contribution is 6.09. The Morgan fingerprint density at radius 1 is 1.17 bits per heavy atom. The number of carbonyl (C=O) groups excluding carboxylic acids is 2. The predicted molar refractivity (Wildman–Crippen MR) is 112 cm³/mol. The van der Waals surface area contributed by atoms with E-state index < -0.39 is 17.2 Å². The molecule has 0 fully saturated rings. The molecule has 3 aromatic heterocycles. The van der Waals surface area contributed by atoms with Crippen LogP contribution < -0.4 is 16.6 Å². The number of carbonyl (C=O) groups is 2. The molecule has 0 radical (unpaired) electrons. The molecule has 1 amide bonds. The Bertz CT molecular complexity index is 1360. The maximum absolute atomic E-state index is 12.9. The van der Waals surface area contributed by atoms with Crippen molar-refractivity contribution in [1.82, 2.24) is 19.1 Å². The molecule has 1 aliphatic carbocycles. The summed E-state index contributed by atoms with van der Waals surface area (Å²) in [6.07, 6.45) is 2.52. The van der Waals surface area contributed by atoms with Crippen LogP contribution in [-0.4, -0.2) is 30.8 Å². The van der Waals surface area contributed by atoms with Crippen molar-refractivity contribution in [3.8, 4) is 0 Å². The maximum Gasteiger partial charge on any atom is 0.332 e. The van der Waals surface area contributed by atoms with Crippen LogP contribution in [0.3, 0.4) is 0 Å². The fourth-order valence-electron chi connectivity index (χ4n) is 4.19. The Labute approximate surface area is 171 Å². The predicted octanol–water partition coefficient (Wildman–Crippen LogP) is 1.68. The van der Waals surface area contributed by atoms with Crippen molar-refractivity contribution in [3.05, 3.63) is 55.6 Å². The number of ketones is 1. The molecule has 0 atom stereocenters. The van der Waals surface area contributed by atoms with Crippen LogP contribution in [0.5, 0.6) is 0 Å². The minimum atomic E-state index is -0.490. The van der Waals surface area contributed by atoms with Crippen molar-refractivity contribution >= 4 is 28.4 Å². The Morgan fingerprint density at radius 3 is 2.57 bits per heavy atom. The normalized spacial score (nSPS) is 15.3. The van der Waals surface area contributed by atoms with Crippen LogP contribution in [0, 0.1) is 12.3 Å². The van der Waals surface area contributed by atoms with Gasteiger partial charge < -0.3 is 10.3 Å².